The number of esters is 1. The molecule has 4 nitrogen and oxygen atoms in total. The average Bonchev–Trinajstić information content (AvgIpc) is 2.68. The fraction of sp³-hybridized carbons (Fsp3) is 0.611. The number of nitrogens with zero attached hydrogens (tertiary/aromatic N) is 1. The van der Waals surface area contributed by atoms with Crippen LogP contribution >= 0.6 is 24.0 Å². The number of hydrogen-bond acceptors (Lipinski definition) is 4. The first-order valence-electron chi connectivity index (χ1n) is 8.45. The number of carbonyl (C=O) groups is 1. The second-order valence-corrected chi connectivity index (χ2v) is 6.91. The largest absolute Gasteiger partial charge is 0.493 e. The van der Waals surface area contributed by atoms with E-state index < -0.39 is 0 Å². The predicted octanol–water partition coefficient (Wildman–Crippen LogP) is 4.25. The average molecular weight is 374 g/mol. The first-order valence-corrected chi connectivity index (χ1v) is 8.83. The molecule has 1 fully saturated rings. The number of likely N-dealkylation sites (tertiary alicyclic amines) is 1. The molecule has 1 saturated heterocycles. The molecular formula is C18H25Cl2NO3. The van der Waals surface area contributed by atoms with Crippen LogP contribution in [0, 0.1) is 5.92 Å². The molecule has 0 saturated carbocycles. The molecule has 3 rings (SSSR count). The molecule has 0 aliphatic carbocycles. The van der Waals surface area contributed by atoms with E-state index in [9.17, 15) is 4.79 Å². The van der Waals surface area contributed by atoms with Crippen LogP contribution in [-0.2, 0) is 9.53 Å². The Morgan fingerprint density at radius 2 is 2.08 bits per heavy atom. The predicted molar refractivity (Wildman–Crippen MR) is 97.1 cm³/mol. The highest BCUT2D eigenvalue weighted by Gasteiger charge is 2.33. The number of rotatable bonds is 3. The molecule has 6 heteroatoms. The quantitative estimate of drug-likeness (QED) is 0.742. The lowest BCUT2D eigenvalue weighted by molar-refractivity contribution is -0.150. The highest BCUT2D eigenvalue weighted by molar-refractivity contribution is 6.30. The SMILES string of the molecule is CC(=O)OC1c2ccc(Cl)cc2OCC[C@H]1CN1CCCCC1.Cl. The summed E-state index contributed by atoms with van der Waals surface area (Å²) in [5, 5.41) is 0.639. The van der Waals surface area contributed by atoms with Gasteiger partial charge in [-0.15, -0.1) is 12.4 Å². The van der Waals surface area contributed by atoms with Gasteiger partial charge in [0.05, 0.1) is 6.61 Å². The van der Waals surface area contributed by atoms with Gasteiger partial charge in [0.15, 0.2) is 0 Å². The fourth-order valence-corrected chi connectivity index (χ4v) is 3.76. The second kappa shape index (κ2) is 8.93. The molecule has 134 valence electrons. The Kier molecular flexibility index (Phi) is 7.20. The van der Waals surface area contributed by atoms with Gasteiger partial charge < -0.3 is 14.4 Å². The van der Waals surface area contributed by atoms with Crippen molar-refractivity contribution in [1.82, 2.24) is 4.90 Å². The molecule has 0 aromatic heterocycles. The highest BCUT2D eigenvalue weighted by atomic mass is 35.5. The van der Waals surface area contributed by atoms with Crippen molar-refractivity contribution in [1.29, 1.82) is 0 Å². The van der Waals surface area contributed by atoms with Gasteiger partial charge in [-0.1, -0.05) is 24.1 Å². The summed E-state index contributed by atoms with van der Waals surface area (Å²) in [7, 11) is 0. The van der Waals surface area contributed by atoms with E-state index in [0.29, 0.717) is 11.6 Å². The van der Waals surface area contributed by atoms with Gasteiger partial charge in [-0.2, -0.15) is 0 Å². The van der Waals surface area contributed by atoms with Crippen LogP contribution in [0.1, 0.15) is 44.3 Å². The number of ether oxygens (including phenoxy) is 2. The van der Waals surface area contributed by atoms with Gasteiger partial charge in [-0.05, 0) is 44.5 Å². The summed E-state index contributed by atoms with van der Waals surface area (Å²) in [6.45, 7) is 5.32. The minimum absolute atomic E-state index is 0. The Morgan fingerprint density at radius 1 is 1.33 bits per heavy atom. The summed E-state index contributed by atoms with van der Waals surface area (Å²) in [5.41, 5.74) is 0.934. The summed E-state index contributed by atoms with van der Waals surface area (Å²) >= 11 is 6.08. The summed E-state index contributed by atoms with van der Waals surface area (Å²) in [4.78, 5) is 14.1. The van der Waals surface area contributed by atoms with E-state index in [1.54, 1.807) is 0 Å². The summed E-state index contributed by atoms with van der Waals surface area (Å²) in [5.74, 6) is 0.741. The molecule has 2 atom stereocenters. The molecule has 2 aliphatic heterocycles. The Hall–Kier alpha value is -0.970. The lowest BCUT2D eigenvalue weighted by Gasteiger charge is -2.33. The van der Waals surface area contributed by atoms with Crippen LogP contribution in [0.3, 0.4) is 0 Å². The lowest BCUT2D eigenvalue weighted by atomic mass is 9.92. The van der Waals surface area contributed by atoms with Crippen molar-refractivity contribution in [2.24, 2.45) is 5.92 Å². The standard InChI is InChI=1S/C18H24ClNO3.ClH/c1-13(21)23-18-14(12-20-8-3-2-4-9-20)7-10-22-17-11-15(19)5-6-16(17)18;/h5-6,11,14,18H,2-4,7-10,12H2,1H3;1H/t14-,18?;/m0./s1. The third-order valence-corrected chi connectivity index (χ3v) is 4.93. The summed E-state index contributed by atoms with van der Waals surface area (Å²) < 4.78 is 11.6. The molecule has 0 N–H and O–H groups in total. The molecule has 0 spiro atoms. The van der Waals surface area contributed by atoms with Gasteiger partial charge in [-0.3, -0.25) is 4.79 Å². The van der Waals surface area contributed by atoms with Gasteiger partial charge in [-0.25, -0.2) is 0 Å². The first kappa shape index (κ1) is 19.4. The van der Waals surface area contributed by atoms with Crippen LogP contribution < -0.4 is 4.74 Å². The van der Waals surface area contributed by atoms with Crippen LogP contribution in [-0.4, -0.2) is 37.1 Å². The Bertz CT molecular complexity index is 561. The summed E-state index contributed by atoms with van der Waals surface area (Å²) in [6, 6.07) is 5.58. The van der Waals surface area contributed by atoms with Gasteiger partial charge in [0.2, 0.25) is 0 Å². The van der Waals surface area contributed by atoms with Crippen LogP contribution in [0.4, 0.5) is 0 Å². The van der Waals surface area contributed by atoms with E-state index in [2.05, 4.69) is 4.90 Å². The van der Waals surface area contributed by atoms with Crippen LogP contribution in [0.2, 0.25) is 5.02 Å². The molecule has 2 aliphatic rings. The van der Waals surface area contributed by atoms with Crippen molar-refractivity contribution in [3.63, 3.8) is 0 Å². The van der Waals surface area contributed by atoms with Crippen LogP contribution in [0.5, 0.6) is 5.75 Å². The zero-order valence-electron chi connectivity index (χ0n) is 14.0. The van der Waals surface area contributed by atoms with Gasteiger partial charge in [0.1, 0.15) is 11.9 Å². The maximum atomic E-state index is 11.6. The molecule has 1 aromatic carbocycles. The minimum Gasteiger partial charge on any atom is -0.493 e. The van der Waals surface area contributed by atoms with E-state index in [1.807, 2.05) is 18.2 Å². The smallest absolute Gasteiger partial charge is 0.303 e. The molecule has 2 heterocycles. The zero-order chi connectivity index (χ0) is 16.2. The number of hydrogen-bond donors (Lipinski definition) is 0. The Morgan fingerprint density at radius 3 is 2.79 bits per heavy atom. The third-order valence-electron chi connectivity index (χ3n) is 4.69. The molecule has 1 aromatic rings. The summed E-state index contributed by atoms with van der Waals surface area (Å²) in [6.07, 6.45) is 4.45. The van der Waals surface area contributed by atoms with E-state index in [0.717, 1.165) is 37.4 Å². The molecule has 0 radical (unpaired) electrons. The van der Waals surface area contributed by atoms with E-state index in [4.69, 9.17) is 21.1 Å². The van der Waals surface area contributed by atoms with E-state index in [1.165, 1.54) is 26.2 Å². The molecule has 24 heavy (non-hydrogen) atoms. The van der Waals surface area contributed by atoms with Gasteiger partial charge in [0, 0.05) is 30.0 Å². The Labute approximate surface area is 154 Å². The van der Waals surface area contributed by atoms with Gasteiger partial charge >= 0.3 is 5.97 Å². The minimum atomic E-state index is -0.260. The van der Waals surface area contributed by atoms with E-state index >= 15 is 0 Å². The van der Waals surface area contributed by atoms with E-state index in [-0.39, 0.29) is 30.4 Å². The monoisotopic (exact) mass is 373 g/mol. The normalized spacial score (nSPS) is 24.1. The third kappa shape index (κ3) is 4.78. The van der Waals surface area contributed by atoms with Crippen molar-refractivity contribution in [2.45, 2.75) is 38.7 Å². The maximum Gasteiger partial charge on any atom is 0.303 e. The van der Waals surface area contributed by atoms with Crippen molar-refractivity contribution < 1.29 is 14.3 Å². The molecular weight excluding hydrogens is 349 g/mol. The number of halogens is 2. The zero-order valence-corrected chi connectivity index (χ0v) is 15.6. The van der Waals surface area contributed by atoms with Crippen LogP contribution in [0.15, 0.2) is 18.2 Å². The van der Waals surface area contributed by atoms with Crippen molar-refractivity contribution in [3.8, 4) is 5.75 Å². The fourth-order valence-electron chi connectivity index (χ4n) is 3.59. The number of piperidine rings is 1. The Balaban J connectivity index is 0.00000208. The first-order chi connectivity index (χ1) is 11.1. The van der Waals surface area contributed by atoms with Crippen molar-refractivity contribution in [2.75, 3.05) is 26.2 Å². The highest BCUT2D eigenvalue weighted by Crippen LogP contribution is 2.39. The maximum absolute atomic E-state index is 11.6. The molecule has 1 unspecified atom stereocenters. The van der Waals surface area contributed by atoms with Crippen LogP contribution in [0.25, 0.3) is 0 Å². The number of fused-ring (bicyclic) bond motifs is 1. The lowest BCUT2D eigenvalue weighted by Crippen LogP contribution is -2.37. The van der Waals surface area contributed by atoms with Gasteiger partial charge in [0.25, 0.3) is 0 Å². The van der Waals surface area contributed by atoms with Crippen molar-refractivity contribution >= 4 is 30.0 Å². The number of carbonyl (C=O) groups excluding carboxylic acids is 1. The molecule has 0 amide bonds. The topological polar surface area (TPSA) is 38.8 Å². The second-order valence-electron chi connectivity index (χ2n) is 6.47. The number of benzene rings is 1. The van der Waals surface area contributed by atoms with Crippen molar-refractivity contribution in [3.05, 3.63) is 28.8 Å². The molecule has 0 bridgehead atoms.